The highest BCUT2D eigenvalue weighted by atomic mass is 16.6. The van der Waals surface area contributed by atoms with Gasteiger partial charge in [-0.15, -0.1) is 0 Å². The third-order valence-electron chi connectivity index (χ3n) is 9.15. The topological polar surface area (TPSA) is 70.1 Å². The van der Waals surface area contributed by atoms with E-state index in [0.717, 1.165) is 24.8 Å². The van der Waals surface area contributed by atoms with Gasteiger partial charge in [0.25, 0.3) is 0 Å². The summed E-state index contributed by atoms with van der Waals surface area (Å²) in [7, 11) is 0. The predicted octanol–water partition coefficient (Wildman–Crippen LogP) is 4.45. The van der Waals surface area contributed by atoms with Crippen LogP contribution >= 0.6 is 0 Å². The van der Waals surface area contributed by atoms with Crippen molar-refractivity contribution < 1.29 is 19.7 Å². The van der Waals surface area contributed by atoms with Gasteiger partial charge < -0.3 is 14.9 Å². The number of rotatable bonds is 6. The van der Waals surface area contributed by atoms with Crippen molar-refractivity contribution in [3.8, 4) is 0 Å². The lowest BCUT2D eigenvalue weighted by molar-refractivity contribution is -0.134. The van der Waals surface area contributed by atoms with E-state index in [4.69, 9.17) is 4.74 Å². The van der Waals surface area contributed by atoms with Crippen LogP contribution in [-0.2, 0) is 9.53 Å². The van der Waals surface area contributed by atoms with Crippen molar-refractivity contribution in [1.82, 2.24) is 0 Å². The summed E-state index contributed by atoms with van der Waals surface area (Å²) in [5.41, 5.74) is -0.159. The van der Waals surface area contributed by atoms with Crippen LogP contribution in [0.5, 0.6) is 0 Å². The average Bonchev–Trinajstić information content (AvgIpc) is 3.27. The van der Waals surface area contributed by atoms with Crippen molar-refractivity contribution in [3.63, 3.8) is 0 Å². The lowest BCUT2D eigenvalue weighted by Crippen LogP contribution is -2.53. The van der Waals surface area contributed by atoms with Crippen LogP contribution in [-0.4, -0.2) is 40.4 Å². The lowest BCUT2D eigenvalue weighted by Gasteiger charge is -2.46. The van der Waals surface area contributed by atoms with Crippen LogP contribution in [0.2, 0.25) is 0 Å². The highest BCUT2D eigenvalue weighted by Crippen LogP contribution is 2.65. The maximum absolute atomic E-state index is 13.9. The fourth-order valence-corrected chi connectivity index (χ4v) is 7.22. The molecule has 0 amide bonds. The van der Waals surface area contributed by atoms with Crippen molar-refractivity contribution in [2.45, 2.75) is 91.0 Å². The number of hydrogen-bond donors (Lipinski definition) is 2. The Balaban J connectivity index is 1.65. The summed E-state index contributed by atoms with van der Waals surface area (Å²) in [6.45, 7) is 11.2. The van der Waals surface area contributed by atoms with Gasteiger partial charge >= 0.3 is 0 Å². The monoisotopic (exact) mass is 416 g/mol. The molecule has 30 heavy (non-hydrogen) atoms. The van der Waals surface area contributed by atoms with E-state index in [2.05, 4.69) is 52.8 Å². The summed E-state index contributed by atoms with van der Waals surface area (Å²) in [6, 6.07) is 0. The third-order valence-corrected chi connectivity index (χ3v) is 9.15. The second-order valence-electron chi connectivity index (χ2n) is 11.3. The molecule has 1 saturated heterocycles. The number of ether oxygens (including phenoxy) is 1. The van der Waals surface area contributed by atoms with Crippen LogP contribution in [0.3, 0.4) is 0 Å². The van der Waals surface area contributed by atoms with Gasteiger partial charge in [-0.2, -0.15) is 0 Å². The molecule has 4 rings (SSSR count). The molecule has 1 aliphatic heterocycles. The highest BCUT2D eigenvalue weighted by Gasteiger charge is 2.73. The molecule has 2 saturated carbocycles. The minimum Gasteiger partial charge on any atom is -0.396 e. The molecule has 0 aromatic rings. The maximum atomic E-state index is 13.9. The van der Waals surface area contributed by atoms with Gasteiger partial charge in [-0.05, 0) is 79.8 Å². The summed E-state index contributed by atoms with van der Waals surface area (Å²) < 4.78 is 6.15. The minimum atomic E-state index is -0.525. The Kier molecular flexibility index (Phi) is 5.61. The quantitative estimate of drug-likeness (QED) is 0.496. The molecular weight excluding hydrogens is 376 g/mol. The minimum absolute atomic E-state index is 0.0409. The summed E-state index contributed by atoms with van der Waals surface area (Å²) in [4.78, 5) is 13.9. The zero-order chi connectivity index (χ0) is 21.9. The van der Waals surface area contributed by atoms with Crippen LogP contribution < -0.4 is 0 Å². The Labute approximate surface area is 181 Å². The standard InChI is InChI=1S/C26H40O4/c1-16(2)6-7-17(3)20-8-9-21(24(20,4)12-13-27)19-14-22-26(30-22)15-18(28)10-11-25(26,5)23(19)29/h6-7,14,16-18,20-22,27-28H,8-13,15H2,1-5H3/b7-6+/t17?,18-,20+,21-,22-,24+,25+,26-/m0/s1. The van der Waals surface area contributed by atoms with E-state index in [1.165, 1.54) is 0 Å². The van der Waals surface area contributed by atoms with E-state index in [1.807, 2.05) is 0 Å². The van der Waals surface area contributed by atoms with Crippen molar-refractivity contribution in [3.05, 3.63) is 23.8 Å². The molecule has 0 radical (unpaired) electrons. The van der Waals surface area contributed by atoms with E-state index >= 15 is 0 Å². The number of aliphatic hydroxyl groups excluding tert-OH is 2. The Morgan fingerprint density at radius 2 is 1.93 bits per heavy atom. The summed E-state index contributed by atoms with van der Waals surface area (Å²) in [6.07, 6.45) is 11.0. The first-order chi connectivity index (χ1) is 14.1. The smallest absolute Gasteiger partial charge is 0.167 e. The van der Waals surface area contributed by atoms with Gasteiger partial charge in [-0.25, -0.2) is 0 Å². The first-order valence-corrected chi connectivity index (χ1v) is 12.0. The second-order valence-corrected chi connectivity index (χ2v) is 11.3. The molecule has 0 aromatic heterocycles. The van der Waals surface area contributed by atoms with Crippen LogP contribution in [0.4, 0.5) is 0 Å². The maximum Gasteiger partial charge on any atom is 0.167 e. The third kappa shape index (κ3) is 3.17. The van der Waals surface area contributed by atoms with Crippen molar-refractivity contribution >= 4 is 5.78 Å². The summed E-state index contributed by atoms with van der Waals surface area (Å²) in [5, 5.41) is 20.2. The van der Waals surface area contributed by atoms with Gasteiger partial charge in [0.2, 0.25) is 0 Å². The largest absolute Gasteiger partial charge is 0.396 e. The van der Waals surface area contributed by atoms with Gasteiger partial charge in [0.15, 0.2) is 5.78 Å². The van der Waals surface area contributed by atoms with E-state index in [1.54, 1.807) is 0 Å². The Hall–Kier alpha value is -0.970. The zero-order valence-electron chi connectivity index (χ0n) is 19.4. The SMILES string of the molecule is CC(C)/C=C/C(C)[C@H]1CC[C@@H](C2=C[C@@H]3O[C@@]34C[C@@H](O)CC[C@]4(C)C2=O)[C@]1(C)CCO. The van der Waals surface area contributed by atoms with E-state index in [0.29, 0.717) is 37.0 Å². The fourth-order valence-electron chi connectivity index (χ4n) is 7.22. The number of epoxide rings is 1. The van der Waals surface area contributed by atoms with Crippen LogP contribution in [0.1, 0.15) is 73.1 Å². The van der Waals surface area contributed by atoms with Crippen molar-refractivity contribution in [2.24, 2.45) is 34.5 Å². The predicted molar refractivity (Wildman–Crippen MR) is 118 cm³/mol. The van der Waals surface area contributed by atoms with Gasteiger partial charge in [-0.3, -0.25) is 4.79 Å². The van der Waals surface area contributed by atoms with E-state index < -0.39 is 11.0 Å². The van der Waals surface area contributed by atoms with Crippen molar-refractivity contribution in [1.29, 1.82) is 0 Å². The van der Waals surface area contributed by atoms with Crippen LogP contribution in [0.25, 0.3) is 0 Å². The van der Waals surface area contributed by atoms with E-state index in [9.17, 15) is 15.0 Å². The fraction of sp³-hybridized carbons (Fsp3) is 0.808. The van der Waals surface area contributed by atoms with Gasteiger partial charge in [0.1, 0.15) is 11.7 Å². The first kappa shape index (κ1) is 22.2. The molecule has 8 atom stereocenters. The number of carbonyl (C=O) groups is 1. The molecule has 0 bridgehead atoms. The Morgan fingerprint density at radius 3 is 2.60 bits per heavy atom. The van der Waals surface area contributed by atoms with Gasteiger partial charge in [0, 0.05) is 13.0 Å². The average molecular weight is 417 g/mol. The summed E-state index contributed by atoms with van der Waals surface area (Å²) >= 11 is 0. The second kappa shape index (κ2) is 7.56. The number of aliphatic hydroxyl groups is 2. The van der Waals surface area contributed by atoms with Gasteiger partial charge in [0.05, 0.1) is 11.5 Å². The van der Waals surface area contributed by atoms with Crippen molar-refractivity contribution in [2.75, 3.05) is 6.61 Å². The van der Waals surface area contributed by atoms with Crippen LogP contribution in [0.15, 0.2) is 23.8 Å². The highest BCUT2D eigenvalue weighted by molar-refractivity contribution is 6.03. The molecule has 0 aromatic carbocycles. The molecular formula is C26H40O4. The van der Waals surface area contributed by atoms with E-state index in [-0.39, 0.29) is 35.9 Å². The molecule has 1 heterocycles. The van der Waals surface area contributed by atoms with Crippen LogP contribution in [0, 0.1) is 34.5 Å². The Bertz CT molecular complexity index is 754. The first-order valence-electron chi connectivity index (χ1n) is 12.0. The molecule has 2 N–H and O–H groups in total. The number of carbonyl (C=O) groups excluding carboxylic acids is 1. The number of Topliss-reactive ketones (excluding diaryl/α,β-unsaturated/α-hetero) is 1. The lowest BCUT2D eigenvalue weighted by atomic mass is 9.55. The number of ketones is 1. The van der Waals surface area contributed by atoms with Gasteiger partial charge in [-0.1, -0.05) is 39.8 Å². The molecule has 1 spiro atoms. The number of hydrogen-bond acceptors (Lipinski definition) is 4. The molecule has 168 valence electrons. The molecule has 1 unspecified atom stereocenters. The molecule has 3 aliphatic carbocycles. The summed E-state index contributed by atoms with van der Waals surface area (Å²) in [5.74, 6) is 1.81. The molecule has 3 fully saturated rings. The molecule has 4 heteroatoms. The number of allylic oxidation sites excluding steroid dienone is 3. The molecule has 4 nitrogen and oxygen atoms in total. The Morgan fingerprint density at radius 1 is 1.20 bits per heavy atom. The zero-order valence-corrected chi connectivity index (χ0v) is 19.4. The molecule has 4 aliphatic rings. The normalized spacial score (nSPS) is 46.7.